The van der Waals surface area contributed by atoms with Crippen molar-refractivity contribution >= 4 is 33.2 Å². The Hall–Kier alpha value is -3.77. The molecule has 0 aliphatic rings. The summed E-state index contributed by atoms with van der Waals surface area (Å²) in [5.41, 5.74) is 0.951. The molecule has 1 unspecified atom stereocenters. The van der Waals surface area contributed by atoms with Gasteiger partial charge in [-0.1, -0.05) is 0 Å². The van der Waals surface area contributed by atoms with Gasteiger partial charge in [0.2, 0.25) is 15.9 Å². The number of hydrogen-bond acceptors (Lipinski definition) is 7. The predicted octanol–water partition coefficient (Wildman–Crippen LogP) is 1.39. The highest BCUT2D eigenvalue weighted by atomic mass is 32.2. The van der Waals surface area contributed by atoms with E-state index in [1.807, 2.05) is 0 Å². The lowest BCUT2D eigenvalue weighted by atomic mass is 10.1. The van der Waals surface area contributed by atoms with E-state index in [0.29, 0.717) is 11.4 Å². The van der Waals surface area contributed by atoms with Crippen molar-refractivity contribution in [2.75, 3.05) is 17.7 Å². The van der Waals surface area contributed by atoms with Gasteiger partial charge in [0.25, 0.3) is 5.91 Å². The minimum Gasteiger partial charge on any atom is -0.496 e. The van der Waals surface area contributed by atoms with Crippen molar-refractivity contribution in [1.29, 1.82) is 0 Å². The molecule has 0 saturated carbocycles. The van der Waals surface area contributed by atoms with Gasteiger partial charge >= 0.3 is 0 Å². The maximum absolute atomic E-state index is 12.6. The summed E-state index contributed by atoms with van der Waals surface area (Å²) >= 11 is 0. The van der Waals surface area contributed by atoms with Crippen LogP contribution in [0.2, 0.25) is 0 Å². The number of aromatic nitrogens is 3. The average Bonchev–Trinajstić information content (AvgIpc) is 3.28. The summed E-state index contributed by atoms with van der Waals surface area (Å²) in [5.74, 6) is -0.679. The van der Waals surface area contributed by atoms with Crippen LogP contribution in [0.5, 0.6) is 5.75 Å². The molecule has 162 valence electrons. The van der Waals surface area contributed by atoms with Crippen molar-refractivity contribution < 1.29 is 22.7 Å². The van der Waals surface area contributed by atoms with Crippen LogP contribution in [0.1, 0.15) is 23.3 Å². The summed E-state index contributed by atoms with van der Waals surface area (Å²) in [7, 11) is -2.62. The van der Waals surface area contributed by atoms with E-state index >= 15 is 0 Å². The lowest BCUT2D eigenvalue weighted by Crippen LogP contribution is -2.24. The highest BCUT2D eigenvalue weighted by molar-refractivity contribution is 7.89. The van der Waals surface area contributed by atoms with Crippen LogP contribution in [0.4, 0.5) is 11.4 Å². The molecule has 2 amide bonds. The number of nitrogens with zero attached hydrogens (tertiary/aromatic N) is 3. The normalized spacial score (nSPS) is 12.1. The molecule has 0 bridgehead atoms. The number of hydrogen-bond donors (Lipinski definition) is 3. The first-order chi connectivity index (χ1) is 14.7. The first kappa shape index (κ1) is 21.9. The minimum atomic E-state index is -3.98. The van der Waals surface area contributed by atoms with Crippen molar-refractivity contribution in [2.24, 2.45) is 5.14 Å². The third-order valence-corrected chi connectivity index (χ3v) is 5.28. The van der Waals surface area contributed by atoms with Gasteiger partial charge in [-0.2, -0.15) is 5.10 Å². The number of rotatable bonds is 7. The highest BCUT2D eigenvalue weighted by Gasteiger charge is 2.18. The van der Waals surface area contributed by atoms with E-state index in [1.165, 1.54) is 36.6 Å². The molecular formula is C19H20N6O5S. The maximum Gasteiger partial charge on any atom is 0.259 e. The number of sulfonamides is 1. The van der Waals surface area contributed by atoms with E-state index in [0.717, 1.165) is 6.07 Å². The summed E-state index contributed by atoms with van der Waals surface area (Å²) in [6.07, 6.45) is 2.79. The maximum atomic E-state index is 12.6. The molecule has 31 heavy (non-hydrogen) atoms. The summed E-state index contributed by atoms with van der Waals surface area (Å²) < 4.78 is 29.7. The van der Waals surface area contributed by atoms with Gasteiger partial charge in [-0.15, -0.1) is 0 Å². The molecule has 3 aromatic rings. The number of anilines is 2. The van der Waals surface area contributed by atoms with E-state index in [9.17, 15) is 18.0 Å². The van der Waals surface area contributed by atoms with Gasteiger partial charge in [0.05, 0.1) is 17.6 Å². The van der Waals surface area contributed by atoms with Crippen LogP contribution in [0.25, 0.3) is 0 Å². The molecule has 0 aliphatic carbocycles. The SMILES string of the molecule is COc1ccc(S(N)(=O)=O)cc1C(=O)Nc1ccc(NC(=O)C(C)n2cncn2)cc1. The molecule has 1 heterocycles. The largest absolute Gasteiger partial charge is 0.496 e. The Kier molecular flexibility index (Phi) is 6.32. The zero-order valence-electron chi connectivity index (χ0n) is 16.6. The van der Waals surface area contributed by atoms with E-state index in [4.69, 9.17) is 9.88 Å². The van der Waals surface area contributed by atoms with Gasteiger partial charge in [-0.25, -0.2) is 23.2 Å². The number of carbonyl (C=O) groups excluding carboxylic acids is 2. The summed E-state index contributed by atoms with van der Waals surface area (Å²) in [4.78, 5) is 28.5. The number of ether oxygens (including phenoxy) is 1. The zero-order valence-corrected chi connectivity index (χ0v) is 17.5. The second-order valence-electron chi connectivity index (χ2n) is 6.48. The Balaban J connectivity index is 1.71. The van der Waals surface area contributed by atoms with Crippen LogP contribution in [0, 0.1) is 0 Å². The Morgan fingerprint density at radius 3 is 2.29 bits per heavy atom. The summed E-state index contributed by atoms with van der Waals surface area (Å²) in [6, 6.07) is 9.59. The van der Waals surface area contributed by atoms with Crippen LogP contribution in [0.15, 0.2) is 60.0 Å². The van der Waals surface area contributed by atoms with Crippen LogP contribution in [-0.2, 0) is 14.8 Å². The van der Waals surface area contributed by atoms with Crippen molar-refractivity contribution in [3.63, 3.8) is 0 Å². The second kappa shape index (κ2) is 8.93. The van der Waals surface area contributed by atoms with Gasteiger partial charge in [0.15, 0.2) is 0 Å². The number of benzene rings is 2. The van der Waals surface area contributed by atoms with E-state index in [1.54, 1.807) is 31.2 Å². The van der Waals surface area contributed by atoms with Crippen LogP contribution in [0.3, 0.4) is 0 Å². The van der Waals surface area contributed by atoms with Gasteiger partial charge in [0.1, 0.15) is 24.4 Å². The molecule has 0 fully saturated rings. The lowest BCUT2D eigenvalue weighted by molar-refractivity contribution is -0.119. The van der Waals surface area contributed by atoms with E-state index < -0.39 is 22.0 Å². The molecule has 0 radical (unpaired) electrons. The van der Waals surface area contributed by atoms with Gasteiger partial charge < -0.3 is 15.4 Å². The van der Waals surface area contributed by atoms with Crippen molar-refractivity contribution in [1.82, 2.24) is 14.8 Å². The molecule has 12 heteroatoms. The fourth-order valence-electron chi connectivity index (χ4n) is 2.66. The van der Waals surface area contributed by atoms with Crippen molar-refractivity contribution in [3.05, 3.63) is 60.7 Å². The standard InChI is InChI=1S/C19H20N6O5S/c1-12(25-11-21-10-22-25)18(26)23-13-3-5-14(6-4-13)24-19(27)16-9-15(31(20,28)29)7-8-17(16)30-2/h3-12H,1-2H3,(H,23,26)(H,24,27)(H2,20,28,29). The van der Waals surface area contributed by atoms with Crippen LogP contribution < -0.4 is 20.5 Å². The van der Waals surface area contributed by atoms with Gasteiger partial charge in [-0.05, 0) is 49.4 Å². The Morgan fingerprint density at radius 1 is 1.10 bits per heavy atom. The number of nitrogens with one attached hydrogen (secondary N) is 2. The molecule has 3 rings (SSSR count). The Labute approximate surface area is 178 Å². The molecule has 1 atom stereocenters. The predicted molar refractivity (Wildman–Crippen MR) is 112 cm³/mol. The molecule has 2 aromatic carbocycles. The lowest BCUT2D eigenvalue weighted by Gasteiger charge is -2.13. The second-order valence-corrected chi connectivity index (χ2v) is 8.04. The first-order valence-corrected chi connectivity index (χ1v) is 10.5. The van der Waals surface area contributed by atoms with E-state index in [-0.39, 0.29) is 22.1 Å². The fourth-order valence-corrected chi connectivity index (χ4v) is 3.20. The molecule has 4 N–H and O–H groups in total. The van der Waals surface area contributed by atoms with E-state index in [2.05, 4.69) is 20.7 Å². The monoisotopic (exact) mass is 444 g/mol. The van der Waals surface area contributed by atoms with Crippen molar-refractivity contribution in [3.8, 4) is 5.75 Å². The number of nitrogens with two attached hydrogens (primary N) is 1. The number of carbonyl (C=O) groups is 2. The first-order valence-electron chi connectivity index (χ1n) is 8.96. The quantitative estimate of drug-likeness (QED) is 0.496. The highest BCUT2D eigenvalue weighted by Crippen LogP contribution is 2.24. The zero-order chi connectivity index (χ0) is 22.6. The van der Waals surface area contributed by atoms with Crippen molar-refractivity contribution in [2.45, 2.75) is 17.9 Å². The fraction of sp³-hybridized carbons (Fsp3) is 0.158. The number of methoxy groups -OCH3 is 1. The molecule has 0 saturated heterocycles. The van der Waals surface area contributed by atoms with Crippen LogP contribution in [-0.4, -0.2) is 42.1 Å². The topological polar surface area (TPSA) is 158 Å². The molecule has 0 aliphatic heterocycles. The molecule has 11 nitrogen and oxygen atoms in total. The molecule has 0 spiro atoms. The summed E-state index contributed by atoms with van der Waals surface area (Å²) in [6.45, 7) is 1.68. The molecule has 1 aromatic heterocycles. The molecular weight excluding hydrogens is 424 g/mol. The third kappa shape index (κ3) is 5.24. The van der Waals surface area contributed by atoms with Gasteiger partial charge in [-0.3, -0.25) is 9.59 Å². The average molecular weight is 444 g/mol. The Morgan fingerprint density at radius 2 is 1.74 bits per heavy atom. The number of primary sulfonamides is 1. The minimum absolute atomic E-state index is 0.00746. The third-order valence-electron chi connectivity index (χ3n) is 4.37. The smallest absolute Gasteiger partial charge is 0.259 e. The Bertz CT molecular complexity index is 1190. The number of amides is 2. The van der Waals surface area contributed by atoms with Gasteiger partial charge in [0, 0.05) is 11.4 Å². The van der Waals surface area contributed by atoms with Crippen LogP contribution >= 0.6 is 0 Å². The summed E-state index contributed by atoms with van der Waals surface area (Å²) in [5, 5.41) is 14.5.